The van der Waals surface area contributed by atoms with E-state index < -0.39 is 11.6 Å². The Bertz CT molecular complexity index is 301. The maximum atomic E-state index is 13.3. The van der Waals surface area contributed by atoms with Crippen LogP contribution in [0.3, 0.4) is 0 Å². The van der Waals surface area contributed by atoms with Gasteiger partial charge >= 0.3 is 0 Å². The first-order valence-corrected chi connectivity index (χ1v) is 4.49. The molecule has 1 aromatic rings. The highest BCUT2D eigenvalue weighted by Gasteiger charge is 2.11. The van der Waals surface area contributed by atoms with Crippen LogP contribution in [0.15, 0.2) is 12.1 Å². The average Bonchev–Trinajstić information content (AvgIpc) is 2.10. The van der Waals surface area contributed by atoms with E-state index >= 15 is 0 Å². The van der Waals surface area contributed by atoms with Gasteiger partial charge in [0.05, 0.1) is 0 Å². The summed E-state index contributed by atoms with van der Waals surface area (Å²) >= 11 is 0. The van der Waals surface area contributed by atoms with Gasteiger partial charge in [-0.25, -0.2) is 8.78 Å². The zero-order chi connectivity index (χ0) is 10.7. The summed E-state index contributed by atoms with van der Waals surface area (Å²) in [6.45, 7) is 3.77. The molecule has 0 aliphatic rings. The van der Waals surface area contributed by atoms with Crippen LogP contribution in [0, 0.1) is 11.6 Å². The molecule has 2 nitrogen and oxygen atoms in total. The zero-order valence-electron chi connectivity index (χ0n) is 8.27. The van der Waals surface area contributed by atoms with Crippen molar-refractivity contribution in [3.63, 3.8) is 0 Å². The zero-order valence-corrected chi connectivity index (χ0v) is 8.27. The summed E-state index contributed by atoms with van der Waals surface area (Å²) in [4.78, 5) is 0. The Labute approximate surface area is 82.1 Å². The number of nitrogens with one attached hydrogen (secondary N) is 1. The van der Waals surface area contributed by atoms with E-state index in [1.807, 2.05) is 13.8 Å². The van der Waals surface area contributed by atoms with Gasteiger partial charge in [-0.3, -0.25) is 0 Å². The molecular weight excluding hydrogens is 186 g/mol. The van der Waals surface area contributed by atoms with Crippen molar-refractivity contribution in [3.05, 3.63) is 29.3 Å². The summed E-state index contributed by atoms with van der Waals surface area (Å²) < 4.78 is 26.6. The Kier molecular flexibility index (Phi) is 3.41. The van der Waals surface area contributed by atoms with Crippen LogP contribution >= 0.6 is 0 Å². The van der Waals surface area contributed by atoms with Crippen molar-refractivity contribution in [1.82, 2.24) is 0 Å². The number of benzene rings is 1. The van der Waals surface area contributed by atoms with Gasteiger partial charge in [0.1, 0.15) is 17.3 Å². The molecule has 0 saturated heterocycles. The number of hydrogen-bond acceptors (Lipinski definition) is 2. The van der Waals surface area contributed by atoms with Crippen LogP contribution in [0.5, 0.6) is 0 Å². The fraction of sp³-hybridized carbons (Fsp3) is 0.400. The summed E-state index contributed by atoms with van der Waals surface area (Å²) in [7, 11) is 0. The Morgan fingerprint density at radius 1 is 1.29 bits per heavy atom. The molecule has 4 heteroatoms. The van der Waals surface area contributed by atoms with Gasteiger partial charge in [0.25, 0.3) is 0 Å². The second kappa shape index (κ2) is 4.37. The topological polar surface area (TPSA) is 38.0 Å². The molecule has 1 rings (SSSR count). The maximum Gasteiger partial charge on any atom is 0.149 e. The third-order valence-electron chi connectivity index (χ3n) is 1.77. The van der Waals surface area contributed by atoms with Crippen molar-refractivity contribution >= 4 is 5.69 Å². The van der Waals surface area contributed by atoms with Crippen LogP contribution in [0.25, 0.3) is 0 Å². The van der Waals surface area contributed by atoms with Crippen molar-refractivity contribution in [2.75, 3.05) is 5.32 Å². The van der Waals surface area contributed by atoms with Gasteiger partial charge in [0, 0.05) is 12.6 Å². The van der Waals surface area contributed by atoms with E-state index in [0.29, 0.717) is 5.56 Å². The Balaban J connectivity index is 3.05. The fourth-order valence-corrected chi connectivity index (χ4v) is 1.17. The van der Waals surface area contributed by atoms with E-state index in [-0.39, 0.29) is 18.3 Å². The summed E-state index contributed by atoms with van der Waals surface area (Å²) in [5.74, 6) is -1.20. The minimum atomic E-state index is -0.598. The molecule has 3 N–H and O–H groups in total. The Morgan fingerprint density at radius 2 is 1.79 bits per heavy atom. The first kappa shape index (κ1) is 10.9. The third kappa shape index (κ3) is 2.42. The number of anilines is 1. The SMILES string of the molecule is CC(C)Nc1c(F)cc(CN)cc1F. The van der Waals surface area contributed by atoms with Gasteiger partial charge in [0.15, 0.2) is 0 Å². The minimum Gasteiger partial charge on any atom is -0.378 e. The first-order chi connectivity index (χ1) is 6.54. The Morgan fingerprint density at radius 3 is 2.14 bits per heavy atom. The number of hydrogen-bond donors (Lipinski definition) is 2. The molecule has 0 unspecified atom stereocenters. The molecule has 0 aromatic heterocycles. The molecule has 0 amide bonds. The van der Waals surface area contributed by atoms with Crippen LogP contribution in [-0.4, -0.2) is 6.04 Å². The molecule has 14 heavy (non-hydrogen) atoms. The van der Waals surface area contributed by atoms with E-state index in [4.69, 9.17) is 5.73 Å². The van der Waals surface area contributed by atoms with Crippen molar-refractivity contribution in [2.45, 2.75) is 26.4 Å². The van der Waals surface area contributed by atoms with Crippen molar-refractivity contribution in [2.24, 2.45) is 5.73 Å². The molecule has 0 saturated carbocycles. The second-order valence-corrected chi connectivity index (χ2v) is 3.44. The average molecular weight is 200 g/mol. The largest absolute Gasteiger partial charge is 0.378 e. The second-order valence-electron chi connectivity index (χ2n) is 3.44. The van der Waals surface area contributed by atoms with Gasteiger partial charge in [-0.05, 0) is 31.5 Å². The molecule has 0 bridgehead atoms. The Hall–Kier alpha value is -1.16. The lowest BCUT2D eigenvalue weighted by Crippen LogP contribution is -2.13. The smallest absolute Gasteiger partial charge is 0.149 e. The molecule has 0 spiro atoms. The molecule has 0 heterocycles. The summed E-state index contributed by atoms with van der Waals surface area (Å²) in [6, 6.07) is 2.48. The van der Waals surface area contributed by atoms with Crippen LogP contribution in [0.1, 0.15) is 19.4 Å². The highest BCUT2D eigenvalue weighted by atomic mass is 19.1. The van der Waals surface area contributed by atoms with E-state index in [9.17, 15) is 8.78 Å². The lowest BCUT2D eigenvalue weighted by molar-refractivity contribution is 0.581. The van der Waals surface area contributed by atoms with Crippen molar-refractivity contribution < 1.29 is 8.78 Å². The molecule has 78 valence electrons. The van der Waals surface area contributed by atoms with E-state index in [2.05, 4.69) is 5.32 Å². The maximum absolute atomic E-state index is 13.3. The third-order valence-corrected chi connectivity index (χ3v) is 1.77. The van der Waals surface area contributed by atoms with Crippen molar-refractivity contribution in [3.8, 4) is 0 Å². The monoisotopic (exact) mass is 200 g/mol. The molecule has 0 radical (unpaired) electrons. The summed E-state index contributed by atoms with van der Waals surface area (Å²) in [5, 5.41) is 2.70. The van der Waals surface area contributed by atoms with Crippen LogP contribution in [0.2, 0.25) is 0 Å². The number of halogens is 2. The predicted octanol–water partition coefficient (Wildman–Crippen LogP) is 2.24. The van der Waals surface area contributed by atoms with Crippen molar-refractivity contribution in [1.29, 1.82) is 0 Å². The molecule has 0 atom stereocenters. The first-order valence-electron chi connectivity index (χ1n) is 4.49. The van der Waals surface area contributed by atoms with E-state index in [1.54, 1.807) is 0 Å². The summed E-state index contributed by atoms with van der Waals surface area (Å²) in [6.07, 6.45) is 0. The fourth-order valence-electron chi connectivity index (χ4n) is 1.17. The van der Waals surface area contributed by atoms with Crippen LogP contribution < -0.4 is 11.1 Å². The van der Waals surface area contributed by atoms with E-state index in [0.717, 1.165) is 0 Å². The highest BCUT2D eigenvalue weighted by Crippen LogP contribution is 2.21. The van der Waals surface area contributed by atoms with Crippen LogP contribution in [-0.2, 0) is 6.54 Å². The normalized spacial score (nSPS) is 10.7. The quantitative estimate of drug-likeness (QED) is 0.785. The lowest BCUT2D eigenvalue weighted by atomic mass is 10.1. The lowest BCUT2D eigenvalue weighted by Gasteiger charge is -2.12. The van der Waals surface area contributed by atoms with Crippen LogP contribution in [0.4, 0.5) is 14.5 Å². The highest BCUT2D eigenvalue weighted by molar-refractivity contribution is 5.48. The van der Waals surface area contributed by atoms with E-state index in [1.165, 1.54) is 12.1 Å². The number of nitrogens with two attached hydrogens (primary N) is 1. The molecule has 0 fully saturated rings. The predicted molar refractivity (Wildman–Crippen MR) is 53.0 cm³/mol. The van der Waals surface area contributed by atoms with Gasteiger partial charge in [0.2, 0.25) is 0 Å². The van der Waals surface area contributed by atoms with Gasteiger partial charge in [-0.15, -0.1) is 0 Å². The molecule has 0 aliphatic carbocycles. The van der Waals surface area contributed by atoms with Gasteiger partial charge < -0.3 is 11.1 Å². The summed E-state index contributed by atoms with van der Waals surface area (Å²) in [5.41, 5.74) is 5.65. The molecular formula is C10H14F2N2. The molecule has 1 aromatic carbocycles. The standard InChI is InChI=1S/C10H14F2N2/c1-6(2)14-10-8(11)3-7(5-13)4-9(10)12/h3-4,6,14H,5,13H2,1-2H3. The number of rotatable bonds is 3. The minimum absolute atomic E-state index is 0.0114. The van der Waals surface area contributed by atoms with Gasteiger partial charge in [-0.1, -0.05) is 0 Å². The van der Waals surface area contributed by atoms with Gasteiger partial charge in [-0.2, -0.15) is 0 Å². The molecule has 0 aliphatic heterocycles.